The van der Waals surface area contributed by atoms with Gasteiger partial charge in [0.2, 0.25) is 0 Å². The van der Waals surface area contributed by atoms with E-state index in [1.54, 1.807) is 0 Å². The average molecular weight is 454 g/mol. The van der Waals surface area contributed by atoms with Crippen molar-refractivity contribution in [2.24, 2.45) is 12.8 Å². The molecule has 3 aromatic heterocycles. The van der Waals surface area contributed by atoms with Gasteiger partial charge in [-0.1, -0.05) is 6.07 Å². The molecule has 4 N–H and O–H groups in total. The molecule has 4 aromatic rings. The van der Waals surface area contributed by atoms with Gasteiger partial charge < -0.3 is 25.8 Å². The highest BCUT2D eigenvalue weighted by molar-refractivity contribution is 6.07. The molecule has 0 saturated carbocycles. The summed E-state index contributed by atoms with van der Waals surface area (Å²) in [5.74, 6) is 0.630. The fraction of sp³-hybridized carbons (Fsp3) is 0.269. The first-order valence-electron chi connectivity index (χ1n) is 11.7. The van der Waals surface area contributed by atoms with Crippen LogP contribution < -0.4 is 21.3 Å². The molecule has 1 amide bonds. The number of benzene rings is 1. The monoisotopic (exact) mass is 453 g/mol. The van der Waals surface area contributed by atoms with Gasteiger partial charge in [0.1, 0.15) is 11.5 Å². The van der Waals surface area contributed by atoms with E-state index in [4.69, 9.17) is 5.73 Å². The molecule has 0 unspecified atom stereocenters. The zero-order valence-electron chi connectivity index (χ0n) is 19.1. The van der Waals surface area contributed by atoms with Crippen molar-refractivity contribution in [3.8, 4) is 11.1 Å². The molecule has 1 atom stereocenters. The highest BCUT2D eigenvalue weighted by Gasteiger charge is 2.27. The van der Waals surface area contributed by atoms with Crippen LogP contribution in [0, 0.1) is 0 Å². The summed E-state index contributed by atoms with van der Waals surface area (Å²) in [6.07, 6.45) is 7.87. The van der Waals surface area contributed by atoms with E-state index in [-0.39, 0.29) is 11.9 Å². The predicted molar refractivity (Wildman–Crippen MR) is 134 cm³/mol. The Bertz CT molecular complexity index is 1390. The summed E-state index contributed by atoms with van der Waals surface area (Å²) in [6.45, 7) is 2.35. The lowest BCUT2D eigenvalue weighted by molar-refractivity contribution is 0.0966. The predicted octanol–water partition coefficient (Wildman–Crippen LogP) is 3.55. The number of nitrogens with zero attached hydrogens (tertiary/aromatic N) is 4. The van der Waals surface area contributed by atoms with Crippen molar-refractivity contribution < 1.29 is 4.79 Å². The molecule has 0 aliphatic carbocycles. The second kappa shape index (κ2) is 8.14. The van der Waals surface area contributed by atoms with Gasteiger partial charge in [-0.15, -0.1) is 0 Å². The minimum atomic E-state index is -0.0726. The Kier molecular flexibility index (Phi) is 4.95. The number of aromatic nitrogens is 3. The fourth-order valence-electron chi connectivity index (χ4n) is 5.13. The molecule has 34 heavy (non-hydrogen) atoms. The molecule has 2 aliphatic rings. The Hall–Kier alpha value is -3.91. The van der Waals surface area contributed by atoms with Crippen molar-refractivity contribution >= 4 is 34.1 Å². The molecule has 8 nitrogen and oxygen atoms in total. The third-order valence-electron chi connectivity index (χ3n) is 6.86. The van der Waals surface area contributed by atoms with Gasteiger partial charge in [0.25, 0.3) is 5.91 Å². The van der Waals surface area contributed by atoms with Crippen LogP contribution in [0.2, 0.25) is 0 Å². The number of nitrogens with one attached hydrogen (secondary N) is 2. The number of nitrogens with two attached hydrogens (primary N) is 1. The number of hydrogen-bond acceptors (Lipinski definition) is 6. The maximum Gasteiger partial charge on any atom is 0.254 e. The van der Waals surface area contributed by atoms with E-state index in [0.717, 1.165) is 65.0 Å². The second-order valence-electron chi connectivity index (χ2n) is 9.09. The fourth-order valence-corrected chi connectivity index (χ4v) is 5.13. The van der Waals surface area contributed by atoms with Crippen molar-refractivity contribution in [3.05, 3.63) is 66.1 Å². The van der Waals surface area contributed by atoms with Gasteiger partial charge in [0.15, 0.2) is 0 Å². The van der Waals surface area contributed by atoms with Crippen LogP contribution in [-0.2, 0) is 13.6 Å². The Morgan fingerprint density at radius 3 is 2.85 bits per heavy atom. The Morgan fingerprint density at radius 1 is 1.12 bits per heavy atom. The maximum absolute atomic E-state index is 12.8. The highest BCUT2D eigenvalue weighted by Crippen LogP contribution is 2.37. The molecule has 0 spiro atoms. The van der Waals surface area contributed by atoms with Crippen LogP contribution in [0.3, 0.4) is 0 Å². The lowest BCUT2D eigenvalue weighted by Gasteiger charge is -2.32. The summed E-state index contributed by atoms with van der Waals surface area (Å²) in [5.41, 5.74) is 12.7. The third kappa shape index (κ3) is 3.47. The lowest BCUT2D eigenvalue weighted by atomic mass is 9.94. The van der Waals surface area contributed by atoms with E-state index in [1.807, 2.05) is 48.4 Å². The molecule has 0 bridgehead atoms. The second-order valence-corrected chi connectivity index (χ2v) is 9.09. The van der Waals surface area contributed by atoms with Crippen LogP contribution in [0.15, 0.2) is 55.0 Å². The van der Waals surface area contributed by atoms with Crippen molar-refractivity contribution in [1.82, 2.24) is 19.9 Å². The lowest BCUT2D eigenvalue weighted by Crippen LogP contribution is -2.42. The van der Waals surface area contributed by atoms with Gasteiger partial charge in [0.05, 0.1) is 23.1 Å². The van der Waals surface area contributed by atoms with E-state index < -0.39 is 0 Å². The standard InChI is InChI=1S/C26H27N7O/c1-32-12-9-20-19(8-10-28-25(20)32)18-5-6-22(24-21(18)14-30-26(24)34)31-23-7-4-17(13-29-23)33-11-2-3-16(27)15-33/h4-10,12-13,16H,2-3,11,14-15,27H2,1H3,(H,29,31)(H,30,34)/t16-/m1/s1. The SMILES string of the molecule is Cn1ccc2c(-c3ccc(Nc4ccc(N5CCC[C@@H](N)C5)cn4)c4c3CNC4=O)ccnc21. The van der Waals surface area contributed by atoms with Gasteiger partial charge in [-0.25, -0.2) is 9.97 Å². The summed E-state index contributed by atoms with van der Waals surface area (Å²) in [5, 5.41) is 7.43. The normalized spacial score (nSPS) is 17.6. The number of carbonyl (C=O) groups is 1. The quantitative estimate of drug-likeness (QED) is 0.437. The molecule has 1 aromatic carbocycles. The minimum absolute atomic E-state index is 0.0726. The van der Waals surface area contributed by atoms with Gasteiger partial charge in [-0.2, -0.15) is 0 Å². The van der Waals surface area contributed by atoms with Crippen LogP contribution in [0.1, 0.15) is 28.8 Å². The number of carbonyl (C=O) groups excluding carboxylic acids is 1. The molecule has 1 saturated heterocycles. The largest absolute Gasteiger partial charge is 0.369 e. The molecule has 6 rings (SSSR count). The molecular weight excluding hydrogens is 426 g/mol. The van der Waals surface area contributed by atoms with Gasteiger partial charge >= 0.3 is 0 Å². The van der Waals surface area contributed by atoms with Crippen molar-refractivity contribution in [2.45, 2.75) is 25.4 Å². The summed E-state index contributed by atoms with van der Waals surface area (Å²) >= 11 is 0. The molecular formula is C26H27N7O. The zero-order valence-corrected chi connectivity index (χ0v) is 19.1. The van der Waals surface area contributed by atoms with Crippen LogP contribution in [0.5, 0.6) is 0 Å². The number of aryl methyl sites for hydroxylation is 1. The van der Waals surface area contributed by atoms with Crippen LogP contribution in [0.4, 0.5) is 17.2 Å². The zero-order chi connectivity index (χ0) is 23.2. The first kappa shape index (κ1) is 20.7. The van der Waals surface area contributed by atoms with Crippen LogP contribution in [-0.4, -0.2) is 39.6 Å². The molecule has 0 radical (unpaired) electrons. The van der Waals surface area contributed by atoms with Gasteiger partial charge in [-0.3, -0.25) is 4.79 Å². The van der Waals surface area contributed by atoms with Gasteiger partial charge in [0, 0.05) is 50.5 Å². The molecule has 172 valence electrons. The first-order chi connectivity index (χ1) is 16.6. The molecule has 5 heterocycles. The van der Waals surface area contributed by atoms with E-state index in [2.05, 4.69) is 43.7 Å². The van der Waals surface area contributed by atoms with Crippen LogP contribution in [0.25, 0.3) is 22.2 Å². The maximum atomic E-state index is 12.8. The molecule has 8 heteroatoms. The van der Waals surface area contributed by atoms with Crippen molar-refractivity contribution in [3.63, 3.8) is 0 Å². The third-order valence-corrected chi connectivity index (χ3v) is 6.86. The first-order valence-corrected chi connectivity index (χ1v) is 11.7. The van der Waals surface area contributed by atoms with Crippen LogP contribution >= 0.6 is 0 Å². The van der Waals surface area contributed by atoms with E-state index >= 15 is 0 Å². The summed E-state index contributed by atoms with van der Waals surface area (Å²) in [4.78, 5) is 24.2. The number of fused-ring (bicyclic) bond motifs is 2. The Balaban J connectivity index is 1.33. The summed E-state index contributed by atoms with van der Waals surface area (Å²) in [7, 11) is 1.99. The van der Waals surface area contributed by atoms with Gasteiger partial charge in [-0.05, 0) is 59.9 Å². The number of piperidine rings is 1. The number of rotatable bonds is 4. The summed E-state index contributed by atoms with van der Waals surface area (Å²) < 4.78 is 2.01. The Labute approximate surface area is 197 Å². The number of hydrogen-bond donors (Lipinski definition) is 3. The Morgan fingerprint density at radius 2 is 2.03 bits per heavy atom. The number of anilines is 3. The number of pyridine rings is 2. The van der Waals surface area contributed by atoms with Crippen molar-refractivity contribution in [1.29, 1.82) is 0 Å². The highest BCUT2D eigenvalue weighted by atomic mass is 16.1. The average Bonchev–Trinajstić information content (AvgIpc) is 3.43. The smallest absolute Gasteiger partial charge is 0.254 e. The molecule has 2 aliphatic heterocycles. The van der Waals surface area contributed by atoms with Crippen molar-refractivity contribution in [2.75, 3.05) is 23.3 Å². The van der Waals surface area contributed by atoms with E-state index in [9.17, 15) is 4.79 Å². The topological polar surface area (TPSA) is 101 Å². The van der Waals surface area contributed by atoms with E-state index in [1.165, 1.54) is 0 Å². The summed E-state index contributed by atoms with van der Waals surface area (Å²) in [6, 6.07) is 12.4. The number of amides is 1. The minimum Gasteiger partial charge on any atom is -0.369 e. The van der Waals surface area contributed by atoms with E-state index in [0.29, 0.717) is 17.9 Å². The molecule has 1 fully saturated rings.